The monoisotopic (exact) mass is 369 g/mol. The lowest BCUT2D eigenvalue weighted by molar-refractivity contribution is 0.398. The number of H-pyrrole nitrogens is 1. The van der Waals surface area contributed by atoms with Gasteiger partial charge in [-0.1, -0.05) is 30.3 Å². The van der Waals surface area contributed by atoms with E-state index in [0.29, 0.717) is 5.88 Å². The number of pyridine rings is 1. The van der Waals surface area contributed by atoms with Crippen molar-refractivity contribution in [2.45, 2.75) is 13.0 Å². The second-order valence-electron chi connectivity index (χ2n) is 6.76. The molecule has 138 valence electrons. The van der Waals surface area contributed by atoms with Crippen LogP contribution >= 0.6 is 0 Å². The zero-order valence-electron chi connectivity index (χ0n) is 15.6. The Morgan fingerprint density at radius 1 is 0.964 bits per heavy atom. The fraction of sp³-hybridized carbons (Fsp3) is 0.136. The van der Waals surface area contributed by atoms with Crippen LogP contribution in [0.25, 0.3) is 33.2 Å². The number of fused-ring (bicyclic) bond motifs is 2. The molecule has 6 heteroatoms. The number of aromatic nitrogens is 5. The highest BCUT2D eigenvalue weighted by Gasteiger charge is 2.18. The normalized spacial score (nSPS) is 12.5. The molecule has 0 fully saturated rings. The molecule has 0 aliphatic carbocycles. The van der Waals surface area contributed by atoms with E-state index in [1.807, 2.05) is 24.4 Å². The summed E-state index contributed by atoms with van der Waals surface area (Å²) in [6.45, 7) is 2.18. The van der Waals surface area contributed by atoms with Gasteiger partial charge in [-0.15, -0.1) is 0 Å². The van der Waals surface area contributed by atoms with E-state index in [1.54, 1.807) is 13.4 Å². The lowest BCUT2D eigenvalue weighted by Crippen LogP contribution is -2.08. The summed E-state index contributed by atoms with van der Waals surface area (Å²) < 4.78 is 7.38. The minimum atomic E-state index is 0.129. The van der Waals surface area contributed by atoms with Gasteiger partial charge in [0, 0.05) is 23.2 Å². The number of hydrogen-bond acceptors (Lipinski definition) is 4. The SMILES string of the molecule is COc1ccc(-c2[nH]n([C@H](C)c3ccccc3)c3cc4ncnc4cc23)cn1. The Bertz CT molecular complexity index is 1260. The Kier molecular flexibility index (Phi) is 3.83. The topological polar surface area (TPSA) is 68.6 Å². The van der Waals surface area contributed by atoms with Crippen LogP contribution in [0.3, 0.4) is 0 Å². The first-order chi connectivity index (χ1) is 13.7. The van der Waals surface area contributed by atoms with Crippen molar-refractivity contribution in [3.05, 3.63) is 72.7 Å². The quantitative estimate of drug-likeness (QED) is 0.503. The maximum absolute atomic E-state index is 5.20. The maximum Gasteiger partial charge on any atom is 0.212 e. The molecule has 1 N–H and O–H groups in total. The molecule has 0 spiro atoms. The number of aromatic amines is 1. The molecule has 2 aromatic carbocycles. The van der Waals surface area contributed by atoms with Crippen molar-refractivity contribution >= 4 is 21.9 Å². The molecule has 0 aliphatic rings. The first kappa shape index (κ1) is 16.5. The molecule has 6 nitrogen and oxygen atoms in total. The van der Waals surface area contributed by atoms with Gasteiger partial charge >= 0.3 is 0 Å². The maximum atomic E-state index is 5.20. The predicted octanol–water partition coefficient (Wildman–Crippen LogP) is 4.59. The molecule has 0 unspecified atom stereocenters. The molecule has 1 atom stereocenters. The van der Waals surface area contributed by atoms with Crippen molar-refractivity contribution in [2.24, 2.45) is 0 Å². The molecule has 5 aromatic rings. The molecule has 0 aliphatic heterocycles. The lowest BCUT2D eigenvalue weighted by atomic mass is 10.1. The first-order valence-corrected chi connectivity index (χ1v) is 9.14. The van der Waals surface area contributed by atoms with E-state index in [4.69, 9.17) is 4.74 Å². The third-order valence-electron chi connectivity index (χ3n) is 5.15. The van der Waals surface area contributed by atoms with Crippen molar-refractivity contribution in [1.82, 2.24) is 24.7 Å². The van der Waals surface area contributed by atoms with Crippen LogP contribution in [-0.4, -0.2) is 31.8 Å². The van der Waals surface area contributed by atoms with Crippen molar-refractivity contribution < 1.29 is 4.74 Å². The Hall–Kier alpha value is -3.67. The van der Waals surface area contributed by atoms with E-state index in [2.05, 4.69) is 68.1 Å². The third kappa shape index (κ3) is 2.62. The zero-order chi connectivity index (χ0) is 19.1. The molecule has 3 aromatic heterocycles. The summed E-state index contributed by atoms with van der Waals surface area (Å²) in [6, 6.07) is 18.6. The number of rotatable bonds is 4. The van der Waals surface area contributed by atoms with Crippen LogP contribution in [0.1, 0.15) is 18.5 Å². The molecule has 0 amide bonds. The van der Waals surface area contributed by atoms with Crippen molar-refractivity contribution in [3.63, 3.8) is 0 Å². The Balaban J connectivity index is 1.75. The number of methoxy groups -OCH3 is 1. The summed E-state index contributed by atoms with van der Waals surface area (Å²) in [4.78, 5) is 13.1. The first-order valence-electron chi connectivity index (χ1n) is 9.14. The average Bonchev–Trinajstić information content (AvgIpc) is 3.36. The summed E-state index contributed by atoms with van der Waals surface area (Å²) in [5.41, 5.74) is 6.06. The van der Waals surface area contributed by atoms with Gasteiger partial charge < -0.3 is 4.74 Å². The van der Waals surface area contributed by atoms with Gasteiger partial charge in [0.2, 0.25) is 5.88 Å². The molecule has 0 saturated carbocycles. The van der Waals surface area contributed by atoms with E-state index >= 15 is 0 Å². The van der Waals surface area contributed by atoms with Crippen molar-refractivity contribution in [2.75, 3.05) is 7.11 Å². The van der Waals surface area contributed by atoms with Gasteiger partial charge in [0.05, 0.1) is 35.4 Å². The highest BCUT2D eigenvalue weighted by Crippen LogP contribution is 2.33. The number of benzene rings is 2. The van der Waals surface area contributed by atoms with Crippen LogP contribution in [0.5, 0.6) is 5.88 Å². The molecule has 3 heterocycles. The van der Waals surface area contributed by atoms with Gasteiger partial charge in [-0.2, -0.15) is 0 Å². The number of nitrogens with one attached hydrogen (secondary N) is 1. The van der Waals surface area contributed by atoms with Gasteiger partial charge in [0.15, 0.2) is 0 Å². The van der Waals surface area contributed by atoms with Gasteiger partial charge in [-0.25, -0.2) is 15.0 Å². The van der Waals surface area contributed by atoms with Crippen LogP contribution < -0.4 is 4.74 Å². The summed E-state index contributed by atoms with van der Waals surface area (Å²) >= 11 is 0. The second-order valence-corrected chi connectivity index (χ2v) is 6.76. The summed E-state index contributed by atoms with van der Waals surface area (Å²) in [7, 11) is 1.62. The zero-order valence-corrected chi connectivity index (χ0v) is 15.6. The summed E-state index contributed by atoms with van der Waals surface area (Å²) in [5.74, 6) is 0.592. The van der Waals surface area contributed by atoms with Gasteiger partial charge in [0.25, 0.3) is 0 Å². The van der Waals surface area contributed by atoms with Crippen LogP contribution in [0, 0.1) is 0 Å². The molecular weight excluding hydrogens is 350 g/mol. The molecule has 5 rings (SSSR count). The predicted molar refractivity (Wildman–Crippen MR) is 109 cm³/mol. The number of hydrogen-bond donors (Lipinski definition) is 1. The highest BCUT2D eigenvalue weighted by molar-refractivity contribution is 6.00. The lowest BCUT2D eigenvalue weighted by Gasteiger charge is -2.15. The summed E-state index contributed by atoms with van der Waals surface area (Å²) in [6.07, 6.45) is 3.43. The van der Waals surface area contributed by atoms with Crippen molar-refractivity contribution in [3.8, 4) is 17.1 Å². The third-order valence-corrected chi connectivity index (χ3v) is 5.15. The molecule has 0 bridgehead atoms. The van der Waals surface area contributed by atoms with E-state index < -0.39 is 0 Å². The van der Waals surface area contributed by atoms with Gasteiger partial charge in [-0.05, 0) is 30.7 Å². The Morgan fingerprint density at radius 3 is 2.46 bits per heavy atom. The van der Waals surface area contributed by atoms with E-state index in [9.17, 15) is 0 Å². The standard InChI is InChI=1S/C22H19N5O/c1-14(15-6-4-3-5-7-15)27-20-11-19-18(24-13-25-19)10-17(20)22(26-27)16-8-9-21(28-2)23-12-16/h3-14,26H,1-2H3/t14-/m1/s1. The number of ether oxygens (including phenoxy) is 1. The van der Waals surface area contributed by atoms with E-state index in [1.165, 1.54) is 5.56 Å². The Morgan fingerprint density at radius 2 is 1.75 bits per heavy atom. The van der Waals surface area contributed by atoms with Gasteiger partial charge in [0.1, 0.15) is 6.33 Å². The van der Waals surface area contributed by atoms with E-state index in [-0.39, 0.29) is 6.04 Å². The summed E-state index contributed by atoms with van der Waals surface area (Å²) in [5, 5.41) is 4.67. The number of nitrogens with zero attached hydrogens (tertiary/aromatic N) is 4. The largest absolute Gasteiger partial charge is 0.481 e. The highest BCUT2D eigenvalue weighted by atomic mass is 16.5. The fourth-order valence-corrected chi connectivity index (χ4v) is 3.62. The molecular formula is C22H19N5O. The van der Waals surface area contributed by atoms with E-state index in [0.717, 1.165) is 33.2 Å². The molecule has 28 heavy (non-hydrogen) atoms. The second kappa shape index (κ2) is 6.49. The fourth-order valence-electron chi connectivity index (χ4n) is 3.62. The smallest absolute Gasteiger partial charge is 0.212 e. The van der Waals surface area contributed by atoms with Crippen LogP contribution in [0.4, 0.5) is 0 Å². The molecule has 0 saturated heterocycles. The Labute approximate surface area is 161 Å². The average molecular weight is 369 g/mol. The van der Waals surface area contributed by atoms with Crippen molar-refractivity contribution in [1.29, 1.82) is 0 Å². The minimum Gasteiger partial charge on any atom is -0.481 e. The minimum absolute atomic E-state index is 0.129. The van der Waals surface area contributed by atoms with Crippen LogP contribution in [0.15, 0.2) is 67.1 Å². The van der Waals surface area contributed by atoms with Gasteiger partial charge in [-0.3, -0.25) is 9.78 Å². The molecule has 0 radical (unpaired) electrons. The number of imidazole rings is 1. The van der Waals surface area contributed by atoms with Crippen LogP contribution in [0.2, 0.25) is 0 Å². The van der Waals surface area contributed by atoms with Crippen LogP contribution in [-0.2, 0) is 0 Å².